The van der Waals surface area contributed by atoms with Gasteiger partial charge in [0.1, 0.15) is 0 Å². The highest BCUT2D eigenvalue weighted by atomic mass is 127. The van der Waals surface area contributed by atoms with Crippen LogP contribution in [0.15, 0.2) is 21.9 Å². The fourth-order valence-corrected chi connectivity index (χ4v) is 3.49. The van der Waals surface area contributed by atoms with Crippen LogP contribution < -0.4 is 17.0 Å². The highest BCUT2D eigenvalue weighted by molar-refractivity contribution is 14.1. The molecular weight excluding hydrogens is 467 g/mol. The zero-order valence-corrected chi connectivity index (χ0v) is 13.5. The molecule has 0 fully saturated rings. The Morgan fingerprint density at radius 3 is 1.61 bits per heavy atom. The summed E-state index contributed by atoms with van der Waals surface area (Å²) in [6.07, 6.45) is 0. The summed E-state index contributed by atoms with van der Waals surface area (Å²) in [7, 11) is -9.57. The maximum Gasteiger partial charge on any atom is 0.426 e. The fraction of sp³-hybridized carbons (Fsp3) is 0. The normalized spacial score (nSPS) is 11.4. The summed E-state index contributed by atoms with van der Waals surface area (Å²) in [4.78, 5) is 0.629. The first-order valence-corrected chi connectivity index (χ1v) is 7.67. The standard InChI is InChI=1S/C6H3IN2O6S2.BrH/c7-3-1-4(16(10,11)12)6(9-8)5(2-3)17(13,14)15;/h1-2H,(H-,10,11,12,13,14,15);1H. The second-order valence-electron chi connectivity index (χ2n) is 2.80. The second kappa shape index (κ2) is 5.75. The smallest absolute Gasteiger partial charge is 0.426 e. The van der Waals surface area contributed by atoms with Gasteiger partial charge in [0.2, 0.25) is 5.39 Å². The third-order valence-electron chi connectivity index (χ3n) is 1.66. The molecule has 2 N–H and O–H groups in total. The molecule has 12 heteroatoms. The Labute approximate surface area is 126 Å². The third kappa shape index (κ3) is 3.83. The topological polar surface area (TPSA) is 137 Å². The van der Waals surface area contributed by atoms with Crippen LogP contribution >= 0.6 is 22.6 Å². The molecule has 0 saturated heterocycles. The lowest BCUT2D eigenvalue weighted by molar-refractivity contribution is -0.0000119. The van der Waals surface area contributed by atoms with Gasteiger partial charge in [-0.05, 0) is 34.7 Å². The monoisotopic (exact) mass is 470 g/mol. The highest BCUT2D eigenvalue weighted by Gasteiger charge is 2.34. The van der Waals surface area contributed by atoms with E-state index in [1.807, 2.05) is 0 Å². The summed E-state index contributed by atoms with van der Waals surface area (Å²) in [6.45, 7) is 0. The lowest BCUT2D eigenvalue weighted by atomic mass is 10.3. The van der Waals surface area contributed by atoms with Crippen LogP contribution in [-0.4, -0.2) is 25.9 Å². The molecule has 0 radical (unpaired) electrons. The maximum absolute atomic E-state index is 10.9. The van der Waals surface area contributed by atoms with Crippen LogP contribution in [0.25, 0.3) is 4.98 Å². The van der Waals surface area contributed by atoms with Crippen LogP contribution in [0.4, 0.5) is 5.69 Å². The molecule has 0 spiro atoms. The molecule has 0 aliphatic heterocycles. The van der Waals surface area contributed by atoms with Gasteiger partial charge in [0.25, 0.3) is 0 Å². The van der Waals surface area contributed by atoms with E-state index in [-0.39, 0.29) is 20.6 Å². The van der Waals surface area contributed by atoms with E-state index in [1.54, 1.807) is 22.6 Å². The maximum atomic E-state index is 10.9. The molecule has 0 heterocycles. The van der Waals surface area contributed by atoms with Crippen LogP contribution in [0, 0.1) is 8.96 Å². The molecule has 0 saturated carbocycles. The minimum Gasteiger partial charge on any atom is -1.00 e. The van der Waals surface area contributed by atoms with Crippen LogP contribution in [-0.2, 0) is 20.2 Å². The van der Waals surface area contributed by atoms with Crippen molar-refractivity contribution in [2.75, 3.05) is 0 Å². The van der Waals surface area contributed by atoms with Crippen molar-refractivity contribution in [3.8, 4) is 0 Å². The minimum absolute atomic E-state index is 0. The van der Waals surface area contributed by atoms with Crippen LogP contribution in [0.1, 0.15) is 0 Å². The van der Waals surface area contributed by atoms with E-state index in [2.05, 4.69) is 4.98 Å². The van der Waals surface area contributed by atoms with E-state index >= 15 is 0 Å². The lowest BCUT2D eigenvalue weighted by Crippen LogP contribution is -3.00. The molecule has 8 nitrogen and oxygen atoms in total. The average molecular weight is 471 g/mol. The number of hydrogen-bond acceptors (Lipinski definition) is 5. The van der Waals surface area contributed by atoms with E-state index in [1.165, 1.54) is 0 Å². The van der Waals surface area contributed by atoms with Crippen molar-refractivity contribution >= 4 is 48.5 Å². The Bertz CT molecular complexity index is 670. The van der Waals surface area contributed by atoms with Gasteiger partial charge in [0.15, 0.2) is 14.8 Å². The van der Waals surface area contributed by atoms with Crippen molar-refractivity contribution < 1.29 is 42.9 Å². The average Bonchev–Trinajstić information content (AvgIpc) is 2.13. The van der Waals surface area contributed by atoms with Crippen molar-refractivity contribution in [3.63, 3.8) is 0 Å². The van der Waals surface area contributed by atoms with Crippen molar-refractivity contribution in [2.24, 2.45) is 0 Å². The van der Waals surface area contributed by atoms with Gasteiger partial charge < -0.3 is 17.0 Å². The molecular formula is C6H4BrIN2O6S2. The Morgan fingerprint density at radius 1 is 1.06 bits per heavy atom. The molecule has 0 atom stereocenters. The number of rotatable bonds is 2. The molecule has 1 rings (SSSR count). The number of benzene rings is 1. The first-order valence-electron chi connectivity index (χ1n) is 3.71. The van der Waals surface area contributed by atoms with E-state index in [0.29, 0.717) is 0 Å². The van der Waals surface area contributed by atoms with Crippen molar-refractivity contribution in [1.82, 2.24) is 0 Å². The molecule has 0 aliphatic rings. The largest absolute Gasteiger partial charge is 1.00 e. The van der Waals surface area contributed by atoms with E-state index in [0.717, 1.165) is 12.1 Å². The predicted molar refractivity (Wildman–Crippen MR) is 63.5 cm³/mol. The van der Waals surface area contributed by atoms with Gasteiger partial charge in [-0.1, -0.05) is 0 Å². The molecule has 1 aromatic carbocycles. The van der Waals surface area contributed by atoms with Gasteiger partial charge in [-0.25, -0.2) is 0 Å². The zero-order chi connectivity index (χ0) is 13.4. The van der Waals surface area contributed by atoms with Crippen LogP contribution in [0.3, 0.4) is 0 Å². The first kappa shape index (κ1) is 17.7. The van der Waals surface area contributed by atoms with E-state index in [9.17, 15) is 16.8 Å². The molecule has 0 aliphatic carbocycles. The van der Waals surface area contributed by atoms with Crippen LogP contribution in [0.5, 0.6) is 0 Å². The summed E-state index contributed by atoms with van der Waals surface area (Å²) < 4.78 is 61.6. The van der Waals surface area contributed by atoms with E-state index in [4.69, 9.17) is 14.5 Å². The molecule has 0 unspecified atom stereocenters. The predicted octanol–water partition coefficient (Wildman–Crippen LogP) is -1.73. The highest BCUT2D eigenvalue weighted by Crippen LogP contribution is 2.33. The second-order valence-corrected chi connectivity index (χ2v) is 6.83. The third-order valence-corrected chi connectivity index (χ3v) is 4.02. The SMILES string of the molecule is N#[N+]c1c(S(=O)(=O)O)cc(I)cc1S(=O)(=O)O.[Br-]. The number of nitrogens with zero attached hydrogens (tertiary/aromatic N) is 2. The Kier molecular flexibility index (Phi) is 5.65. The summed E-state index contributed by atoms with van der Waals surface area (Å²) in [6, 6.07) is 1.78. The minimum atomic E-state index is -4.78. The number of halogens is 2. The zero-order valence-electron chi connectivity index (χ0n) is 8.15. The Balaban J connectivity index is 0.00000289. The van der Waals surface area contributed by atoms with Gasteiger partial charge in [-0.3, -0.25) is 9.11 Å². The van der Waals surface area contributed by atoms with E-state index < -0.39 is 35.7 Å². The van der Waals surface area contributed by atoms with Crippen molar-refractivity contribution in [1.29, 1.82) is 5.39 Å². The van der Waals surface area contributed by atoms with Crippen LogP contribution in [0.2, 0.25) is 0 Å². The number of hydrogen-bond donors (Lipinski definition) is 2. The lowest BCUT2D eigenvalue weighted by Gasteiger charge is -1.99. The van der Waals surface area contributed by atoms with Crippen molar-refractivity contribution in [2.45, 2.75) is 9.79 Å². The molecule has 0 aromatic heterocycles. The first-order chi connectivity index (χ1) is 7.57. The Hall–Kier alpha value is -0.330. The molecule has 0 amide bonds. The summed E-state index contributed by atoms with van der Waals surface area (Å²) in [5.41, 5.74) is -0.949. The van der Waals surface area contributed by atoms with Crippen molar-refractivity contribution in [3.05, 3.63) is 20.7 Å². The summed E-state index contributed by atoms with van der Waals surface area (Å²) in [5, 5.41) is 8.59. The Morgan fingerprint density at radius 2 is 1.39 bits per heavy atom. The molecule has 100 valence electrons. The summed E-state index contributed by atoms with van der Waals surface area (Å²) in [5.74, 6) is 0. The fourth-order valence-electron chi connectivity index (χ4n) is 1.04. The summed E-state index contributed by atoms with van der Waals surface area (Å²) >= 11 is 1.57. The van der Waals surface area contributed by atoms with Gasteiger partial charge in [-0.2, -0.15) is 16.8 Å². The van der Waals surface area contributed by atoms with Gasteiger partial charge >= 0.3 is 25.9 Å². The van der Waals surface area contributed by atoms with Gasteiger partial charge in [-0.15, -0.1) is 0 Å². The quantitative estimate of drug-likeness (QED) is 0.297. The molecule has 1 aromatic rings. The number of diazo groups is 1. The molecule has 0 bridgehead atoms. The molecule has 18 heavy (non-hydrogen) atoms. The van der Waals surface area contributed by atoms with Gasteiger partial charge in [0, 0.05) is 3.57 Å². The van der Waals surface area contributed by atoms with Gasteiger partial charge in [0.05, 0.1) is 0 Å².